The van der Waals surface area contributed by atoms with Gasteiger partial charge in [-0.05, 0) is 18.4 Å². The van der Waals surface area contributed by atoms with Gasteiger partial charge in [-0.25, -0.2) is 0 Å². The molecule has 0 saturated carbocycles. The van der Waals surface area contributed by atoms with Crippen LogP contribution in [0.4, 0.5) is 5.69 Å². The summed E-state index contributed by atoms with van der Waals surface area (Å²) in [6.45, 7) is 1.37. The first-order chi connectivity index (χ1) is 9.47. The highest BCUT2D eigenvalue weighted by Crippen LogP contribution is 2.24. The molecular weight excluding hydrogens is 326 g/mol. The maximum absolute atomic E-state index is 12.2. The second-order valence-corrected chi connectivity index (χ2v) is 5.78. The summed E-state index contributed by atoms with van der Waals surface area (Å²) in [5, 5.41) is 10.7. The largest absolute Gasteiger partial charge is 0.342 e. The van der Waals surface area contributed by atoms with E-state index in [0.29, 0.717) is 17.6 Å². The lowest BCUT2D eigenvalue weighted by Crippen LogP contribution is -2.43. The highest BCUT2D eigenvalue weighted by molar-refractivity contribution is 9.10. The molecule has 1 heterocycles. The molecule has 0 atom stereocenters. The van der Waals surface area contributed by atoms with Crippen LogP contribution < -0.4 is 5.73 Å². The molecule has 0 unspecified atom stereocenters. The van der Waals surface area contributed by atoms with Crippen molar-refractivity contribution in [2.24, 2.45) is 5.73 Å². The topological polar surface area (TPSA) is 89.5 Å². The van der Waals surface area contributed by atoms with E-state index in [-0.39, 0.29) is 24.1 Å². The van der Waals surface area contributed by atoms with Crippen molar-refractivity contribution < 1.29 is 9.72 Å². The van der Waals surface area contributed by atoms with Crippen LogP contribution in [0.3, 0.4) is 0 Å². The van der Waals surface area contributed by atoms with E-state index in [1.807, 2.05) is 0 Å². The molecule has 108 valence electrons. The molecule has 1 amide bonds. The monoisotopic (exact) mass is 341 g/mol. The number of carbonyl (C=O) groups excluding carboxylic acids is 1. The molecule has 0 bridgehead atoms. The Labute approximate surface area is 125 Å². The fourth-order valence-electron chi connectivity index (χ4n) is 2.22. The molecule has 1 aromatic carbocycles. The normalized spacial score (nSPS) is 16.2. The third-order valence-electron chi connectivity index (χ3n) is 3.48. The molecule has 1 fully saturated rings. The molecule has 0 aliphatic carbocycles. The van der Waals surface area contributed by atoms with Crippen LogP contribution in [0.1, 0.15) is 18.4 Å². The summed E-state index contributed by atoms with van der Waals surface area (Å²) in [5.74, 6) is 0.0338. The molecule has 0 aromatic heterocycles. The number of carbonyl (C=O) groups is 1. The van der Waals surface area contributed by atoms with Crippen LogP contribution in [0.25, 0.3) is 0 Å². The van der Waals surface area contributed by atoms with Gasteiger partial charge in [0.1, 0.15) is 0 Å². The number of non-ortho nitro benzene ring substituents is 1. The Morgan fingerprint density at radius 1 is 1.45 bits per heavy atom. The minimum Gasteiger partial charge on any atom is -0.342 e. The van der Waals surface area contributed by atoms with Gasteiger partial charge in [0.15, 0.2) is 0 Å². The van der Waals surface area contributed by atoms with Crippen LogP contribution in [0, 0.1) is 10.1 Å². The van der Waals surface area contributed by atoms with E-state index in [0.717, 1.165) is 18.4 Å². The molecule has 0 spiro atoms. The number of nitro benzene ring substituents is 1. The van der Waals surface area contributed by atoms with Gasteiger partial charge in [0, 0.05) is 35.7 Å². The summed E-state index contributed by atoms with van der Waals surface area (Å²) < 4.78 is 0.591. The van der Waals surface area contributed by atoms with Gasteiger partial charge in [-0.1, -0.05) is 22.0 Å². The molecule has 2 N–H and O–H groups in total. The minimum atomic E-state index is -0.456. The molecule has 1 aliphatic rings. The smallest absolute Gasteiger partial charge is 0.270 e. The molecule has 6 nitrogen and oxygen atoms in total. The van der Waals surface area contributed by atoms with Gasteiger partial charge in [-0.15, -0.1) is 0 Å². The van der Waals surface area contributed by atoms with Crippen LogP contribution in [0.15, 0.2) is 22.7 Å². The number of rotatable bonds is 3. The quantitative estimate of drug-likeness (QED) is 0.671. The van der Waals surface area contributed by atoms with Crippen LogP contribution in [-0.4, -0.2) is 34.9 Å². The highest BCUT2D eigenvalue weighted by Gasteiger charge is 2.21. The van der Waals surface area contributed by atoms with Crippen molar-refractivity contribution in [1.29, 1.82) is 0 Å². The molecule has 20 heavy (non-hydrogen) atoms. The molecule has 0 radical (unpaired) electrons. The predicted molar refractivity (Wildman–Crippen MR) is 78.3 cm³/mol. The zero-order valence-corrected chi connectivity index (χ0v) is 12.5. The number of amides is 1. The second-order valence-electron chi connectivity index (χ2n) is 4.93. The molecule has 7 heteroatoms. The summed E-state index contributed by atoms with van der Waals surface area (Å²) in [6, 6.07) is 4.65. The number of benzene rings is 1. The van der Waals surface area contributed by atoms with Crippen molar-refractivity contribution in [1.82, 2.24) is 4.90 Å². The Hall–Kier alpha value is -1.47. The van der Waals surface area contributed by atoms with Crippen molar-refractivity contribution in [3.05, 3.63) is 38.3 Å². The Morgan fingerprint density at radius 2 is 2.10 bits per heavy atom. The first-order valence-electron chi connectivity index (χ1n) is 6.43. The number of nitro groups is 1. The van der Waals surface area contributed by atoms with E-state index in [1.54, 1.807) is 11.0 Å². The Bertz CT molecular complexity index is 528. The number of halogens is 1. The standard InChI is InChI=1S/C13H16BrN3O3/c14-12-8-11(17(19)20)2-1-9(12)7-13(18)16-5-3-10(15)4-6-16/h1-2,8,10H,3-7,15H2. The number of piperidine rings is 1. The van der Waals surface area contributed by atoms with E-state index in [1.165, 1.54) is 12.1 Å². The third-order valence-corrected chi connectivity index (χ3v) is 4.22. The summed E-state index contributed by atoms with van der Waals surface area (Å²) in [5.41, 5.74) is 6.58. The van der Waals surface area contributed by atoms with E-state index in [4.69, 9.17) is 5.73 Å². The van der Waals surface area contributed by atoms with Crippen LogP contribution in [-0.2, 0) is 11.2 Å². The second kappa shape index (κ2) is 6.32. The number of nitrogens with zero attached hydrogens (tertiary/aromatic N) is 2. The summed E-state index contributed by atoms with van der Waals surface area (Å²) >= 11 is 3.28. The van der Waals surface area contributed by atoms with Crippen molar-refractivity contribution in [3.8, 4) is 0 Å². The zero-order chi connectivity index (χ0) is 14.7. The van der Waals surface area contributed by atoms with Crippen molar-refractivity contribution in [2.45, 2.75) is 25.3 Å². The highest BCUT2D eigenvalue weighted by atomic mass is 79.9. The Morgan fingerprint density at radius 3 is 2.65 bits per heavy atom. The van der Waals surface area contributed by atoms with Gasteiger partial charge in [0.25, 0.3) is 5.69 Å². The summed E-state index contributed by atoms with van der Waals surface area (Å²) in [7, 11) is 0. The van der Waals surface area contributed by atoms with Crippen molar-refractivity contribution in [2.75, 3.05) is 13.1 Å². The average molecular weight is 342 g/mol. The lowest BCUT2D eigenvalue weighted by molar-refractivity contribution is -0.384. The summed E-state index contributed by atoms with van der Waals surface area (Å²) in [4.78, 5) is 24.2. The van der Waals surface area contributed by atoms with Gasteiger partial charge < -0.3 is 10.6 Å². The first-order valence-corrected chi connectivity index (χ1v) is 7.23. The number of likely N-dealkylation sites (tertiary alicyclic amines) is 1. The van der Waals surface area contributed by atoms with Crippen LogP contribution in [0.2, 0.25) is 0 Å². The fourth-order valence-corrected chi connectivity index (χ4v) is 2.72. The van der Waals surface area contributed by atoms with E-state index in [2.05, 4.69) is 15.9 Å². The molecule has 1 saturated heterocycles. The third kappa shape index (κ3) is 3.55. The lowest BCUT2D eigenvalue weighted by Gasteiger charge is -2.30. The predicted octanol–water partition coefficient (Wildman–Crippen LogP) is 1.85. The summed E-state index contributed by atoms with van der Waals surface area (Å²) in [6.07, 6.45) is 1.90. The number of nitrogens with two attached hydrogens (primary N) is 1. The van der Waals surface area contributed by atoms with Gasteiger partial charge in [-0.2, -0.15) is 0 Å². The van der Waals surface area contributed by atoms with Crippen molar-refractivity contribution >= 4 is 27.5 Å². The van der Waals surface area contributed by atoms with Crippen LogP contribution in [0.5, 0.6) is 0 Å². The van der Waals surface area contributed by atoms with E-state index in [9.17, 15) is 14.9 Å². The Kier molecular flexibility index (Phi) is 4.72. The number of hydrogen-bond acceptors (Lipinski definition) is 4. The van der Waals surface area contributed by atoms with Gasteiger partial charge in [0.05, 0.1) is 11.3 Å². The number of hydrogen-bond donors (Lipinski definition) is 1. The SMILES string of the molecule is NC1CCN(C(=O)Cc2ccc([N+](=O)[O-])cc2Br)CC1. The lowest BCUT2D eigenvalue weighted by atomic mass is 10.0. The van der Waals surface area contributed by atoms with E-state index < -0.39 is 4.92 Å². The van der Waals surface area contributed by atoms with Gasteiger partial charge in [0.2, 0.25) is 5.91 Å². The van der Waals surface area contributed by atoms with E-state index >= 15 is 0 Å². The average Bonchev–Trinajstić information content (AvgIpc) is 2.41. The molecule has 1 aromatic rings. The first kappa shape index (κ1) is 14.9. The van der Waals surface area contributed by atoms with Gasteiger partial charge in [-0.3, -0.25) is 14.9 Å². The van der Waals surface area contributed by atoms with Crippen LogP contribution >= 0.6 is 15.9 Å². The minimum absolute atomic E-state index is 0.0111. The molecular formula is C13H16BrN3O3. The molecule has 1 aliphatic heterocycles. The van der Waals surface area contributed by atoms with Crippen molar-refractivity contribution in [3.63, 3.8) is 0 Å². The maximum atomic E-state index is 12.2. The fraction of sp³-hybridized carbons (Fsp3) is 0.462. The Balaban J connectivity index is 2.02. The van der Waals surface area contributed by atoms with Gasteiger partial charge >= 0.3 is 0 Å². The maximum Gasteiger partial charge on any atom is 0.270 e. The molecule has 2 rings (SSSR count). The zero-order valence-electron chi connectivity index (χ0n) is 10.9.